The van der Waals surface area contributed by atoms with E-state index in [1.807, 2.05) is 30.0 Å². The molecule has 0 bridgehead atoms. The molecule has 1 atom stereocenters. The Morgan fingerprint density at radius 3 is 2.77 bits per heavy atom. The maximum Gasteiger partial charge on any atom is 0.254 e. The Hall–Kier alpha value is -2.80. The number of carbonyl (C=O) groups excluding carboxylic acids is 1. The van der Waals surface area contributed by atoms with Crippen molar-refractivity contribution in [3.8, 4) is 17.2 Å². The molecule has 1 aromatic heterocycles. The highest BCUT2D eigenvalue weighted by Crippen LogP contribution is 2.33. The SMILES string of the molecule is COc1ccc(C(=O)N2CCOC(COc3ccc(C)nc3)C2)cc1OC1CCCC1. The molecule has 1 amide bonds. The molecule has 1 aliphatic heterocycles. The fraction of sp³-hybridized carbons (Fsp3) is 0.500. The van der Waals surface area contributed by atoms with Crippen molar-refractivity contribution in [2.75, 3.05) is 33.4 Å². The van der Waals surface area contributed by atoms with Crippen molar-refractivity contribution < 1.29 is 23.7 Å². The number of aryl methyl sites for hydroxylation is 1. The van der Waals surface area contributed by atoms with Gasteiger partial charge in [-0.15, -0.1) is 0 Å². The lowest BCUT2D eigenvalue weighted by atomic mass is 10.1. The number of pyridine rings is 1. The fourth-order valence-corrected chi connectivity index (χ4v) is 4.00. The number of hydrogen-bond acceptors (Lipinski definition) is 6. The molecule has 7 nitrogen and oxygen atoms in total. The highest BCUT2D eigenvalue weighted by atomic mass is 16.5. The standard InChI is InChI=1S/C24H30N2O5/c1-17-7-9-20(14-25-17)30-16-21-15-26(11-12-29-21)24(27)18-8-10-22(28-2)23(13-18)31-19-5-3-4-6-19/h7-10,13-14,19,21H,3-6,11-12,15-16H2,1-2H3. The molecule has 7 heteroatoms. The second-order valence-electron chi connectivity index (χ2n) is 8.08. The summed E-state index contributed by atoms with van der Waals surface area (Å²) in [6.45, 7) is 3.80. The first-order valence-electron chi connectivity index (χ1n) is 10.9. The van der Waals surface area contributed by atoms with Crippen LogP contribution in [-0.2, 0) is 4.74 Å². The molecule has 1 saturated carbocycles. The summed E-state index contributed by atoms with van der Waals surface area (Å²) in [6.07, 6.45) is 6.16. The van der Waals surface area contributed by atoms with E-state index in [-0.39, 0.29) is 18.1 Å². The zero-order valence-corrected chi connectivity index (χ0v) is 18.2. The lowest BCUT2D eigenvalue weighted by molar-refractivity contribution is -0.0401. The van der Waals surface area contributed by atoms with Gasteiger partial charge in [0.2, 0.25) is 0 Å². The van der Waals surface area contributed by atoms with Gasteiger partial charge in [-0.2, -0.15) is 0 Å². The number of rotatable bonds is 7. The van der Waals surface area contributed by atoms with Crippen LogP contribution in [0.1, 0.15) is 41.7 Å². The average Bonchev–Trinajstić information content (AvgIpc) is 3.31. The van der Waals surface area contributed by atoms with Crippen molar-refractivity contribution >= 4 is 5.91 Å². The van der Waals surface area contributed by atoms with Crippen LogP contribution < -0.4 is 14.2 Å². The molecule has 2 heterocycles. The van der Waals surface area contributed by atoms with Crippen molar-refractivity contribution in [3.63, 3.8) is 0 Å². The maximum absolute atomic E-state index is 13.2. The van der Waals surface area contributed by atoms with Gasteiger partial charge in [0, 0.05) is 17.8 Å². The third kappa shape index (κ3) is 5.47. The van der Waals surface area contributed by atoms with Crippen LogP contribution in [0, 0.1) is 6.92 Å². The Bertz CT molecular complexity index is 880. The molecule has 1 aliphatic carbocycles. The van der Waals surface area contributed by atoms with E-state index in [1.54, 1.807) is 25.4 Å². The molecule has 1 unspecified atom stereocenters. The number of nitrogens with zero attached hydrogens (tertiary/aromatic N) is 2. The van der Waals surface area contributed by atoms with Crippen LogP contribution in [0.5, 0.6) is 17.2 Å². The topological polar surface area (TPSA) is 70.1 Å². The molecule has 31 heavy (non-hydrogen) atoms. The maximum atomic E-state index is 13.2. The number of ether oxygens (including phenoxy) is 4. The minimum atomic E-state index is -0.188. The lowest BCUT2D eigenvalue weighted by Gasteiger charge is -2.33. The molecule has 2 aromatic rings. The molecule has 2 fully saturated rings. The summed E-state index contributed by atoms with van der Waals surface area (Å²) in [5.74, 6) is 1.95. The monoisotopic (exact) mass is 426 g/mol. The van der Waals surface area contributed by atoms with Gasteiger partial charge in [-0.05, 0) is 62.9 Å². The zero-order chi connectivity index (χ0) is 21.6. The number of methoxy groups -OCH3 is 1. The lowest BCUT2D eigenvalue weighted by Crippen LogP contribution is -2.47. The van der Waals surface area contributed by atoms with Gasteiger partial charge < -0.3 is 23.8 Å². The molecule has 0 spiro atoms. The Morgan fingerprint density at radius 1 is 1.19 bits per heavy atom. The Balaban J connectivity index is 1.39. The van der Waals surface area contributed by atoms with Gasteiger partial charge >= 0.3 is 0 Å². The van der Waals surface area contributed by atoms with Crippen LogP contribution in [0.25, 0.3) is 0 Å². The molecule has 166 valence electrons. The van der Waals surface area contributed by atoms with E-state index in [0.29, 0.717) is 49.1 Å². The van der Waals surface area contributed by atoms with Crippen molar-refractivity contribution in [2.24, 2.45) is 0 Å². The summed E-state index contributed by atoms with van der Waals surface area (Å²) in [7, 11) is 1.62. The minimum absolute atomic E-state index is 0.0378. The molecular formula is C24H30N2O5. The molecule has 1 aromatic carbocycles. The normalized spacial score (nSPS) is 19.3. The number of carbonyl (C=O) groups is 1. The van der Waals surface area contributed by atoms with E-state index in [2.05, 4.69) is 4.98 Å². The Kier molecular flexibility index (Phi) is 6.92. The van der Waals surface area contributed by atoms with Crippen molar-refractivity contribution in [2.45, 2.75) is 44.8 Å². The number of morpholine rings is 1. The summed E-state index contributed by atoms with van der Waals surface area (Å²) in [6, 6.07) is 9.20. The van der Waals surface area contributed by atoms with Crippen LogP contribution in [0.15, 0.2) is 36.5 Å². The zero-order valence-electron chi connectivity index (χ0n) is 18.2. The molecule has 0 radical (unpaired) electrons. The van der Waals surface area contributed by atoms with E-state index in [9.17, 15) is 4.79 Å². The number of aromatic nitrogens is 1. The largest absolute Gasteiger partial charge is 0.493 e. The molecule has 1 saturated heterocycles. The third-order valence-electron chi connectivity index (χ3n) is 5.75. The van der Waals surface area contributed by atoms with Crippen LogP contribution in [0.4, 0.5) is 0 Å². The average molecular weight is 427 g/mol. The van der Waals surface area contributed by atoms with E-state index >= 15 is 0 Å². The number of hydrogen-bond donors (Lipinski definition) is 0. The molecule has 0 N–H and O–H groups in total. The first kappa shape index (κ1) is 21.4. The van der Waals surface area contributed by atoms with Gasteiger partial charge in [0.1, 0.15) is 18.5 Å². The summed E-state index contributed by atoms with van der Waals surface area (Å²) >= 11 is 0. The van der Waals surface area contributed by atoms with Crippen LogP contribution >= 0.6 is 0 Å². The quantitative estimate of drug-likeness (QED) is 0.673. The second kappa shape index (κ2) is 10.0. The molecule has 2 aliphatic rings. The fourth-order valence-electron chi connectivity index (χ4n) is 4.00. The van der Waals surface area contributed by atoms with Gasteiger partial charge in [-0.1, -0.05) is 0 Å². The van der Waals surface area contributed by atoms with Gasteiger partial charge in [0.05, 0.1) is 32.6 Å². The molecule has 4 rings (SSSR count). The van der Waals surface area contributed by atoms with Gasteiger partial charge in [0.25, 0.3) is 5.91 Å². The predicted octanol–water partition coefficient (Wildman–Crippen LogP) is 3.64. The highest BCUT2D eigenvalue weighted by molar-refractivity contribution is 5.95. The van der Waals surface area contributed by atoms with Crippen LogP contribution in [-0.4, -0.2) is 61.4 Å². The Labute approximate surface area is 183 Å². The predicted molar refractivity (Wildman–Crippen MR) is 116 cm³/mol. The van der Waals surface area contributed by atoms with E-state index in [0.717, 1.165) is 18.5 Å². The summed E-state index contributed by atoms with van der Waals surface area (Å²) in [5, 5.41) is 0. The second-order valence-corrected chi connectivity index (χ2v) is 8.08. The van der Waals surface area contributed by atoms with Gasteiger partial charge in [-0.3, -0.25) is 9.78 Å². The van der Waals surface area contributed by atoms with E-state index < -0.39 is 0 Å². The first-order valence-corrected chi connectivity index (χ1v) is 10.9. The summed E-state index contributed by atoms with van der Waals surface area (Å²) in [4.78, 5) is 19.2. The smallest absolute Gasteiger partial charge is 0.254 e. The van der Waals surface area contributed by atoms with E-state index in [1.165, 1.54) is 12.8 Å². The van der Waals surface area contributed by atoms with Crippen LogP contribution in [0.2, 0.25) is 0 Å². The summed E-state index contributed by atoms with van der Waals surface area (Å²) in [5.41, 5.74) is 1.53. The molecular weight excluding hydrogens is 396 g/mol. The number of benzene rings is 1. The minimum Gasteiger partial charge on any atom is -0.493 e. The number of amides is 1. The van der Waals surface area contributed by atoms with Crippen LogP contribution in [0.3, 0.4) is 0 Å². The highest BCUT2D eigenvalue weighted by Gasteiger charge is 2.27. The van der Waals surface area contributed by atoms with Crippen molar-refractivity contribution in [3.05, 3.63) is 47.8 Å². The van der Waals surface area contributed by atoms with Gasteiger partial charge in [-0.25, -0.2) is 0 Å². The summed E-state index contributed by atoms with van der Waals surface area (Å²) < 4.78 is 23.2. The third-order valence-corrected chi connectivity index (χ3v) is 5.75. The van der Waals surface area contributed by atoms with Crippen molar-refractivity contribution in [1.82, 2.24) is 9.88 Å². The van der Waals surface area contributed by atoms with E-state index in [4.69, 9.17) is 18.9 Å². The Morgan fingerprint density at radius 2 is 2.03 bits per heavy atom. The first-order chi connectivity index (χ1) is 15.1. The van der Waals surface area contributed by atoms with Gasteiger partial charge in [0.15, 0.2) is 11.5 Å². The van der Waals surface area contributed by atoms with Crippen molar-refractivity contribution in [1.29, 1.82) is 0 Å².